The van der Waals surface area contributed by atoms with Crippen molar-refractivity contribution in [1.29, 1.82) is 0 Å². The number of hydrazone groups is 1. The van der Waals surface area contributed by atoms with Crippen LogP contribution in [0.15, 0.2) is 53.6 Å². The Morgan fingerprint density at radius 1 is 1.27 bits per heavy atom. The number of benzene rings is 2. The summed E-state index contributed by atoms with van der Waals surface area (Å²) in [6, 6.07) is 10.8. The Morgan fingerprint density at radius 3 is 2.67 bits per heavy atom. The normalized spacial score (nSPS) is 16.7. The molecule has 1 aliphatic rings. The lowest BCUT2D eigenvalue weighted by molar-refractivity contribution is -0.135. The minimum atomic E-state index is -1.37. The van der Waals surface area contributed by atoms with E-state index in [1.807, 2.05) is 0 Å². The van der Waals surface area contributed by atoms with E-state index in [0.717, 1.165) is 12.1 Å². The zero-order valence-electron chi connectivity index (χ0n) is 16.2. The van der Waals surface area contributed by atoms with Gasteiger partial charge in [0.05, 0.1) is 18.4 Å². The van der Waals surface area contributed by atoms with Gasteiger partial charge in [-0.3, -0.25) is 9.80 Å². The van der Waals surface area contributed by atoms with E-state index in [1.165, 1.54) is 5.01 Å². The van der Waals surface area contributed by atoms with Gasteiger partial charge in [0.25, 0.3) is 0 Å². The number of para-hydroxylation sites is 1. The zero-order chi connectivity index (χ0) is 21.7. The van der Waals surface area contributed by atoms with Crippen LogP contribution in [-0.4, -0.2) is 41.9 Å². The van der Waals surface area contributed by atoms with Crippen molar-refractivity contribution in [1.82, 2.24) is 5.32 Å². The molecule has 2 aromatic rings. The summed E-state index contributed by atoms with van der Waals surface area (Å²) in [5.74, 6) is -2.79. The summed E-state index contributed by atoms with van der Waals surface area (Å²) in [4.78, 5) is 24.9. The number of nitrogens with zero attached hydrogens (tertiary/aromatic N) is 2. The van der Waals surface area contributed by atoms with Gasteiger partial charge in [0, 0.05) is 24.6 Å². The smallest absolute Gasteiger partial charge is 0.354 e. The molecule has 158 valence electrons. The first kappa shape index (κ1) is 21.4. The van der Waals surface area contributed by atoms with Crippen LogP contribution < -0.4 is 10.3 Å². The van der Waals surface area contributed by atoms with Gasteiger partial charge in [0.1, 0.15) is 23.4 Å². The Morgan fingerprint density at radius 2 is 2.00 bits per heavy atom. The second-order valence-electron chi connectivity index (χ2n) is 6.59. The average molecular weight is 417 g/mol. The lowest BCUT2D eigenvalue weighted by atomic mass is 10.1. The molecular formula is C21H21F2N3O4. The highest BCUT2D eigenvalue weighted by molar-refractivity contribution is 6.38. The van der Waals surface area contributed by atoms with Gasteiger partial charge >= 0.3 is 5.97 Å². The molecule has 0 spiro atoms. The van der Waals surface area contributed by atoms with E-state index in [1.54, 1.807) is 37.3 Å². The molecule has 1 aliphatic heterocycles. The molecule has 0 radical (unpaired) electrons. The fourth-order valence-corrected chi connectivity index (χ4v) is 3.07. The summed E-state index contributed by atoms with van der Waals surface area (Å²) in [5.41, 5.74) is 0.569. The number of hydrogen-bond donors (Lipinski definition) is 2. The predicted molar refractivity (Wildman–Crippen MR) is 106 cm³/mol. The molecule has 0 aromatic heterocycles. The summed E-state index contributed by atoms with van der Waals surface area (Å²) in [7, 11) is 0. The van der Waals surface area contributed by atoms with Gasteiger partial charge < -0.3 is 15.2 Å². The average Bonchev–Trinajstić information content (AvgIpc) is 3.18. The number of amides is 1. The number of carbonyl (C=O) groups is 2. The van der Waals surface area contributed by atoms with Crippen LogP contribution in [0.4, 0.5) is 14.5 Å². The predicted octanol–water partition coefficient (Wildman–Crippen LogP) is 2.31. The Balaban J connectivity index is 1.72. The number of ether oxygens (including phenoxy) is 1. The number of rotatable bonds is 7. The number of aliphatic hydroxyl groups is 1. The Hall–Kier alpha value is -3.33. The standard InChI is InChI=1S/C21H21F2N3O4/c1-2-30-21(29)17-11-18(26(25-17)14-6-4-3-5-7-14)20(28)24-12-19(27)15-9-8-13(22)10-16(15)23/h3-10,18-19,27H,2,11-12H2,1H3,(H,24,28). The summed E-state index contributed by atoms with van der Waals surface area (Å²) in [5, 5.41) is 18.4. The van der Waals surface area contributed by atoms with Crippen molar-refractivity contribution >= 4 is 23.3 Å². The molecule has 0 aliphatic carbocycles. The first-order valence-corrected chi connectivity index (χ1v) is 9.40. The second-order valence-corrected chi connectivity index (χ2v) is 6.59. The monoisotopic (exact) mass is 417 g/mol. The van der Waals surface area contributed by atoms with Crippen molar-refractivity contribution in [3.05, 3.63) is 65.7 Å². The highest BCUT2D eigenvalue weighted by Gasteiger charge is 2.37. The quantitative estimate of drug-likeness (QED) is 0.675. The molecule has 2 aromatic carbocycles. The van der Waals surface area contributed by atoms with Crippen molar-refractivity contribution < 1.29 is 28.2 Å². The molecule has 1 amide bonds. The highest BCUT2D eigenvalue weighted by atomic mass is 19.1. The van der Waals surface area contributed by atoms with E-state index in [9.17, 15) is 23.5 Å². The number of halogens is 2. The summed E-state index contributed by atoms with van der Waals surface area (Å²) < 4.78 is 31.9. The van der Waals surface area contributed by atoms with Crippen molar-refractivity contribution in [3.8, 4) is 0 Å². The first-order valence-electron chi connectivity index (χ1n) is 9.40. The van der Waals surface area contributed by atoms with Gasteiger partial charge in [-0.15, -0.1) is 0 Å². The molecule has 0 saturated carbocycles. The minimum absolute atomic E-state index is 0.0144. The number of aliphatic hydroxyl groups excluding tert-OH is 1. The van der Waals surface area contributed by atoms with E-state index in [4.69, 9.17) is 4.74 Å². The van der Waals surface area contributed by atoms with Crippen molar-refractivity contribution in [3.63, 3.8) is 0 Å². The van der Waals surface area contributed by atoms with Crippen LogP contribution in [-0.2, 0) is 14.3 Å². The molecule has 7 nitrogen and oxygen atoms in total. The maximum Gasteiger partial charge on any atom is 0.354 e. The third kappa shape index (κ3) is 4.80. The Labute approximate surface area is 172 Å². The number of hydrogen-bond acceptors (Lipinski definition) is 6. The lowest BCUT2D eigenvalue weighted by Crippen LogP contribution is -2.44. The maximum atomic E-state index is 13.8. The van der Waals surface area contributed by atoms with Crippen LogP contribution in [0.5, 0.6) is 0 Å². The molecule has 1 heterocycles. The summed E-state index contributed by atoms with van der Waals surface area (Å²) in [6.07, 6.45) is -1.35. The van der Waals surface area contributed by atoms with Crippen LogP contribution in [0.2, 0.25) is 0 Å². The Bertz CT molecular complexity index is 953. The third-order valence-corrected chi connectivity index (χ3v) is 4.54. The minimum Gasteiger partial charge on any atom is -0.461 e. The van der Waals surface area contributed by atoms with Gasteiger partial charge in [-0.25, -0.2) is 13.6 Å². The first-order chi connectivity index (χ1) is 14.4. The van der Waals surface area contributed by atoms with Crippen LogP contribution in [0.25, 0.3) is 0 Å². The van der Waals surface area contributed by atoms with Gasteiger partial charge in [-0.05, 0) is 25.1 Å². The summed E-state index contributed by atoms with van der Waals surface area (Å²) >= 11 is 0. The van der Waals surface area contributed by atoms with Crippen LogP contribution in [0.1, 0.15) is 25.0 Å². The van der Waals surface area contributed by atoms with Gasteiger partial charge in [0.15, 0.2) is 0 Å². The van der Waals surface area contributed by atoms with Gasteiger partial charge in [-0.1, -0.05) is 24.3 Å². The van der Waals surface area contributed by atoms with E-state index >= 15 is 0 Å². The maximum absolute atomic E-state index is 13.8. The van der Waals surface area contributed by atoms with Crippen LogP contribution in [0.3, 0.4) is 0 Å². The van der Waals surface area contributed by atoms with Crippen molar-refractivity contribution in [2.45, 2.75) is 25.5 Å². The van der Waals surface area contributed by atoms with E-state index < -0.39 is 35.7 Å². The zero-order valence-corrected chi connectivity index (χ0v) is 16.2. The number of anilines is 1. The Kier molecular flexibility index (Phi) is 6.73. The van der Waals surface area contributed by atoms with Crippen molar-refractivity contribution in [2.75, 3.05) is 18.2 Å². The second kappa shape index (κ2) is 9.45. The molecule has 3 rings (SSSR count). The molecule has 0 saturated heterocycles. The molecule has 30 heavy (non-hydrogen) atoms. The van der Waals surface area contributed by atoms with Gasteiger partial charge in [-0.2, -0.15) is 5.10 Å². The number of esters is 1. The third-order valence-electron chi connectivity index (χ3n) is 4.54. The fraction of sp³-hybridized carbons (Fsp3) is 0.286. The molecule has 0 fully saturated rings. The number of carbonyl (C=O) groups excluding carboxylic acids is 2. The van der Waals surface area contributed by atoms with Crippen LogP contribution >= 0.6 is 0 Å². The molecular weight excluding hydrogens is 396 g/mol. The van der Waals surface area contributed by atoms with E-state index in [0.29, 0.717) is 11.8 Å². The van der Waals surface area contributed by atoms with Crippen molar-refractivity contribution in [2.24, 2.45) is 5.10 Å². The highest BCUT2D eigenvalue weighted by Crippen LogP contribution is 2.25. The van der Waals surface area contributed by atoms with Gasteiger partial charge in [0.2, 0.25) is 5.91 Å². The molecule has 9 heteroatoms. The summed E-state index contributed by atoms with van der Waals surface area (Å²) in [6.45, 7) is 1.55. The van der Waals surface area contributed by atoms with E-state index in [-0.39, 0.29) is 30.8 Å². The number of nitrogens with one attached hydrogen (secondary N) is 1. The van der Waals surface area contributed by atoms with E-state index in [2.05, 4.69) is 10.4 Å². The SMILES string of the molecule is CCOC(=O)C1=NN(c2ccccc2)C(C(=O)NCC(O)c2ccc(F)cc2F)C1. The largest absolute Gasteiger partial charge is 0.461 e. The lowest BCUT2D eigenvalue weighted by Gasteiger charge is -2.23. The molecule has 2 atom stereocenters. The topological polar surface area (TPSA) is 91.2 Å². The van der Waals surface area contributed by atoms with Crippen LogP contribution in [0, 0.1) is 11.6 Å². The molecule has 0 bridgehead atoms. The molecule has 2 unspecified atom stereocenters. The molecule has 2 N–H and O–H groups in total. The fourth-order valence-electron chi connectivity index (χ4n) is 3.07.